The van der Waals surface area contributed by atoms with Crippen molar-refractivity contribution in [2.24, 2.45) is 11.3 Å². The van der Waals surface area contributed by atoms with Crippen molar-refractivity contribution in [1.82, 2.24) is 10.2 Å². The molecule has 15 heavy (non-hydrogen) atoms. The number of hydrogen-bond acceptors (Lipinski definition) is 2. The fraction of sp³-hybridized carbons (Fsp3) is 1.00. The van der Waals surface area contributed by atoms with Gasteiger partial charge in [-0.2, -0.15) is 0 Å². The summed E-state index contributed by atoms with van der Waals surface area (Å²) >= 11 is 0. The van der Waals surface area contributed by atoms with Gasteiger partial charge in [0.05, 0.1) is 0 Å². The molecule has 4 rings (SSSR count). The number of hydrogen-bond donors (Lipinski definition) is 1. The SMILES string of the molecule is CC1(CNC2CN3CCC2CC3)CCC1. The summed E-state index contributed by atoms with van der Waals surface area (Å²) in [5, 5.41) is 3.85. The van der Waals surface area contributed by atoms with Crippen LogP contribution in [0.25, 0.3) is 0 Å². The fourth-order valence-corrected chi connectivity index (χ4v) is 3.53. The van der Waals surface area contributed by atoms with E-state index < -0.39 is 0 Å². The highest BCUT2D eigenvalue weighted by atomic mass is 15.2. The van der Waals surface area contributed by atoms with Crippen molar-refractivity contribution in [1.29, 1.82) is 0 Å². The maximum absolute atomic E-state index is 3.85. The minimum atomic E-state index is 0.645. The molecule has 3 heterocycles. The van der Waals surface area contributed by atoms with Crippen molar-refractivity contribution < 1.29 is 0 Å². The number of nitrogens with zero attached hydrogens (tertiary/aromatic N) is 1. The smallest absolute Gasteiger partial charge is 0.0224 e. The first-order chi connectivity index (χ1) is 7.25. The molecule has 0 amide bonds. The van der Waals surface area contributed by atoms with E-state index in [1.807, 2.05) is 0 Å². The quantitative estimate of drug-likeness (QED) is 0.761. The summed E-state index contributed by atoms with van der Waals surface area (Å²) in [6, 6.07) is 0.810. The third kappa shape index (κ3) is 1.94. The Hall–Kier alpha value is -0.0800. The van der Waals surface area contributed by atoms with Gasteiger partial charge in [0.25, 0.3) is 0 Å². The second-order valence-corrected chi connectivity index (χ2v) is 6.29. The molecule has 0 radical (unpaired) electrons. The van der Waals surface area contributed by atoms with Crippen LogP contribution in [0.1, 0.15) is 39.0 Å². The Bertz CT molecular complexity index is 227. The first kappa shape index (κ1) is 10.1. The predicted octanol–water partition coefficient (Wildman–Crippen LogP) is 1.86. The van der Waals surface area contributed by atoms with Crippen LogP contribution in [0, 0.1) is 11.3 Å². The van der Waals surface area contributed by atoms with Gasteiger partial charge in [0.15, 0.2) is 0 Å². The Labute approximate surface area is 93.4 Å². The summed E-state index contributed by atoms with van der Waals surface area (Å²) in [4.78, 5) is 2.64. The van der Waals surface area contributed by atoms with Gasteiger partial charge in [0.2, 0.25) is 0 Å². The van der Waals surface area contributed by atoms with Crippen LogP contribution in [0.15, 0.2) is 0 Å². The first-order valence-corrected chi connectivity index (χ1v) is 6.71. The molecular formula is C13H24N2. The molecule has 2 nitrogen and oxygen atoms in total. The molecule has 0 aromatic carbocycles. The van der Waals surface area contributed by atoms with Gasteiger partial charge >= 0.3 is 0 Å². The van der Waals surface area contributed by atoms with Crippen LogP contribution in [0.3, 0.4) is 0 Å². The van der Waals surface area contributed by atoms with Crippen LogP contribution < -0.4 is 5.32 Å². The predicted molar refractivity (Wildman–Crippen MR) is 62.9 cm³/mol. The van der Waals surface area contributed by atoms with Gasteiger partial charge in [0.1, 0.15) is 0 Å². The number of piperidine rings is 3. The molecule has 2 bridgehead atoms. The fourth-order valence-electron chi connectivity index (χ4n) is 3.53. The van der Waals surface area contributed by atoms with E-state index in [0.717, 1.165) is 12.0 Å². The minimum Gasteiger partial charge on any atom is -0.312 e. The molecule has 2 heteroatoms. The second kappa shape index (κ2) is 3.74. The Morgan fingerprint density at radius 3 is 2.47 bits per heavy atom. The lowest BCUT2D eigenvalue weighted by Crippen LogP contribution is -2.57. The third-order valence-electron chi connectivity index (χ3n) is 5.01. The Kier molecular flexibility index (Phi) is 2.52. The van der Waals surface area contributed by atoms with E-state index in [1.165, 1.54) is 58.3 Å². The summed E-state index contributed by atoms with van der Waals surface area (Å²) in [6.45, 7) is 7.76. The van der Waals surface area contributed by atoms with Crippen LogP contribution >= 0.6 is 0 Å². The summed E-state index contributed by atoms with van der Waals surface area (Å²) in [5.74, 6) is 0.985. The molecule has 3 saturated heterocycles. The van der Waals surface area contributed by atoms with E-state index in [1.54, 1.807) is 0 Å². The zero-order valence-corrected chi connectivity index (χ0v) is 9.97. The van der Waals surface area contributed by atoms with Crippen molar-refractivity contribution in [2.45, 2.75) is 45.1 Å². The number of rotatable bonds is 3. The van der Waals surface area contributed by atoms with E-state index >= 15 is 0 Å². The summed E-state index contributed by atoms with van der Waals surface area (Å²) in [6.07, 6.45) is 7.23. The molecule has 3 aliphatic heterocycles. The molecule has 4 aliphatic rings. The Morgan fingerprint density at radius 2 is 2.00 bits per heavy atom. The van der Waals surface area contributed by atoms with Crippen molar-refractivity contribution >= 4 is 0 Å². The molecule has 0 aromatic rings. The minimum absolute atomic E-state index is 0.645. The van der Waals surface area contributed by atoms with Gasteiger partial charge < -0.3 is 10.2 Å². The Morgan fingerprint density at radius 1 is 1.27 bits per heavy atom. The number of fused-ring (bicyclic) bond motifs is 3. The lowest BCUT2D eigenvalue weighted by Gasteiger charge is -2.47. The topological polar surface area (TPSA) is 15.3 Å². The summed E-state index contributed by atoms with van der Waals surface area (Å²) in [7, 11) is 0. The standard InChI is InChI=1S/C13H24N2/c1-13(5-2-6-13)10-14-12-9-15-7-3-11(12)4-8-15/h11-12,14H,2-10H2,1H3. The van der Waals surface area contributed by atoms with E-state index in [-0.39, 0.29) is 0 Å². The number of nitrogens with one attached hydrogen (secondary N) is 1. The summed E-state index contributed by atoms with van der Waals surface area (Å²) < 4.78 is 0. The van der Waals surface area contributed by atoms with Gasteiger partial charge in [-0.1, -0.05) is 13.3 Å². The molecule has 1 N–H and O–H groups in total. The first-order valence-electron chi connectivity index (χ1n) is 6.71. The average molecular weight is 208 g/mol. The molecular weight excluding hydrogens is 184 g/mol. The highest BCUT2D eigenvalue weighted by Gasteiger charge is 2.37. The molecule has 4 fully saturated rings. The Balaban J connectivity index is 1.51. The molecule has 1 atom stereocenters. The van der Waals surface area contributed by atoms with Crippen LogP contribution in [0.2, 0.25) is 0 Å². The zero-order chi connectivity index (χ0) is 10.3. The molecule has 1 unspecified atom stereocenters. The van der Waals surface area contributed by atoms with E-state index in [0.29, 0.717) is 5.41 Å². The molecule has 1 aliphatic carbocycles. The van der Waals surface area contributed by atoms with E-state index in [9.17, 15) is 0 Å². The van der Waals surface area contributed by atoms with Gasteiger partial charge in [-0.05, 0) is 50.1 Å². The van der Waals surface area contributed by atoms with Crippen LogP contribution in [-0.2, 0) is 0 Å². The lowest BCUT2D eigenvalue weighted by atomic mass is 9.70. The third-order valence-corrected chi connectivity index (χ3v) is 5.01. The lowest BCUT2D eigenvalue weighted by molar-refractivity contribution is 0.0576. The van der Waals surface area contributed by atoms with Crippen LogP contribution in [0.5, 0.6) is 0 Å². The summed E-state index contributed by atoms with van der Waals surface area (Å²) in [5.41, 5.74) is 0.645. The van der Waals surface area contributed by atoms with Crippen molar-refractivity contribution in [2.75, 3.05) is 26.2 Å². The average Bonchev–Trinajstić information content (AvgIpc) is 2.25. The molecule has 86 valence electrons. The van der Waals surface area contributed by atoms with Gasteiger partial charge in [-0.15, -0.1) is 0 Å². The van der Waals surface area contributed by atoms with Gasteiger partial charge in [-0.25, -0.2) is 0 Å². The largest absolute Gasteiger partial charge is 0.312 e. The van der Waals surface area contributed by atoms with Gasteiger partial charge in [-0.3, -0.25) is 0 Å². The molecule has 0 aromatic heterocycles. The van der Waals surface area contributed by atoms with E-state index in [4.69, 9.17) is 0 Å². The highest BCUT2D eigenvalue weighted by Crippen LogP contribution is 2.40. The van der Waals surface area contributed by atoms with Crippen LogP contribution in [0.4, 0.5) is 0 Å². The second-order valence-electron chi connectivity index (χ2n) is 6.29. The maximum atomic E-state index is 3.85. The maximum Gasteiger partial charge on any atom is 0.0224 e. The van der Waals surface area contributed by atoms with E-state index in [2.05, 4.69) is 17.1 Å². The zero-order valence-electron chi connectivity index (χ0n) is 9.97. The van der Waals surface area contributed by atoms with Crippen molar-refractivity contribution in [3.63, 3.8) is 0 Å². The normalized spacial score (nSPS) is 42.6. The molecule has 0 spiro atoms. The monoisotopic (exact) mass is 208 g/mol. The molecule has 1 saturated carbocycles. The van der Waals surface area contributed by atoms with Gasteiger partial charge in [0, 0.05) is 19.1 Å². The van der Waals surface area contributed by atoms with Crippen LogP contribution in [-0.4, -0.2) is 37.1 Å². The highest BCUT2D eigenvalue weighted by molar-refractivity contribution is 4.93. The van der Waals surface area contributed by atoms with Crippen molar-refractivity contribution in [3.05, 3.63) is 0 Å². The van der Waals surface area contributed by atoms with Crippen molar-refractivity contribution in [3.8, 4) is 0 Å².